The Balaban J connectivity index is 2.34. The Morgan fingerprint density at radius 3 is 2.70 bits per heavy atom. The van der Waals surface area contributed by atoms with E-state index in [1.807, 2.05) is 38.2 Å². The molecule has 1 aromatic carbocycles. The molecule has 0 unspecified atom stereocenters. The molecule has 0 amide bonds. The molecule has 6 heteroatoms. The molecule has 0 saturated carbocycles. The molecule has 0 atom stereocenters. The lowest BCUT2D eigenvalue weighted by Gasteiger charge is -2.24. The van der Waals surface area contributed by atoms with Gasteiger partial charge >= 0.3 is 0 Å². The maximum atomic E-state index is 11.6. The van der Waals surface area contributed by atoms with Gasteiger partial charge in [0.25, 0.3) is 0 Å². The first kappa shape index (κ1) is 15.4. The molecule has 2 aromatic rings. The van der Waals surface area contributed by atoms with E-state index >= 15 is 0 Å². The summed E-state index contributed by atoms with van der Waals surface area (Å²) >= 11 is 6.04. The highest BCUT2D eigenvalue weighted by Crippen LogP contribution is 2.31. The van der Waals surface area contributed by atoms with E-state index in [0.29, 0.717) is 11.6 Å². The van der Waals surface area contributed by atoms with E-state index in [4.69, 9.17) is 11.6 Å². The Bertz CT molecular complexity index is 720. The van der Waals surface area contributed by atoms with Crippen molar-refractivity contribution in [3.8, 4) is 0 Å². The molecule has 0 saturated heterocycles. The van der Waals surface area contributed by atoms with Crippen molar-refractivity contribution >= 4 is 32.5 Å². The van der Waals surface area contributed by atoms with Crippen LogP contribution in [0.2, 0.25) is 5.02 Å². The molecule has 0 aliphatic rings. The molecule has 4 nitrogen and oxygen atoms in total. The summed E-state index contributed by atoms with van der Waals surface area (Å²) in [6.45, 7) is 5.99. The number of hydrogen-bond donors (Lipinski definition) is 2. The Labute approximate surface area is 124 Å². The number of rotatable bonds is 5. The fourth-order valence-electron chi connectivity index (χ4n) is 2.14. The first-order valence-corrected chi connectivity index (χ1v) is 8.52. The topological polar surface area (TPSA) is 62.0 Å². The van der Waals surface area contributed by atoms with Crippen molar-refractivity contribution in [2.75, 3.05) is 12.3 Å². The summed E-state index contributed by atoms with van der Waals surface area (Å²) in [5, 5.41) is 1.70. The summed E-state index contributed by atoms with van der Waals surface area (Å²) in [5.41, 5.74) is 1.72. The summed E-state index contributed by atoms with van der Waals surface area (Å²) in [7, 11) is -3.19. The van der Waals surface area contributed by atoms with Crippen molar-refractivity contribution < 1.29 is 8.42 Å². The molecular weight excluding hydrogens is 296 g/mol. The molecule has 110 valence electrons. The van der Waals surface area contributed by atoms with E-state index in [2.05, 4.69) is 9.71 Å². The normalized spacial score (nSPS) is 13.0. The van der Waals surface area contributed by atoms with Gasteiger partial charge in [-0.25, -0.2) is 13.1 Å². The quantitative estimate of drug-likeness (QED) is 0.891. The van der Waals surface area contributed by atoms with Crippen LogP contribution in [-0.4, -0.2) is 25.7 Å². The SMILES string of the molecule is CCS(=O)(=O)NCC(C)(C)c1c[nH]c2ccc(Cl)cc12. The van der Waals surface area contributed by atoms with E-state index in [-0.39, 0.29) is 11.2 Å². The van der Waals surface area contributed by atoms with Crippen molar-refractivity contribution in [1.29, 1.82) is 0 Å². The van der Waals surface area contributed by atoms with E-state index < -0.39 is 10.0 Å². The standard InChI is InChI=1S/C14H19ClN2O2S/c1-4-20(18,19)17-9-14(2,3)12-8-16-13-6-5-10(15)7-11(12)13/h5-8,16-17H,4,9H2,1-3H3. The third kappa shape index (κ3) is 3.16. The third-order valence-corrected chi connectivity index (χ3v) is 5.07. The monoisotopic (exact) mass is 314 g/mol. The Morgan fingerprint density at radius 1 is 1.35 bits per heavy atom. The first-order valence-electron chi connectivity index (χ1n) is 6.49. The van der Waals surface area contributed by atoms with Gasteiger partial charge in [0.05, 0.1) is 5.75 Å². The molecule has 2 rings (SSSR count). The zero-order valence-corrected chi connectivity index (χ0v) is 13.4. The molecule has 0 spiro atoms. The van der Waals surface area contributed by atoms with Crippen LogP contribution in [-0.2, 0) is 15.4 Å². The van der Waals surface area contributed by atoms with Gasteiger partial charge in [0.15, 0.2) is 0 Å². The second-order valence-electron chi connectivity index (χ2n) is 5.50. The molecule has 2 N–H and O–H groups in total. The van der Waals surface area contributed by atoms with E-state index in [0.717, 1.165) is 16.5 Å². The smallest absolute Gasteiger partial charge is 0.211 e. The Hall–Kier alpha value is -1.04. The number of sulfonamides is 1. The molecule has 0 aliphatic heterocycles. The molecule has 1 heterocycles. The van der Waals surface area contributed by atoms with E-state index in [1.54, 1.807) is 6.92 Å². The van der Waals surface area contributed by atoms with Gasteiger partial charge < -0.3 is 4.98 Å². The van der Waals surface area contributed by atoms with Gasteiger partial charge in [-0.15, -0.1) is 0 Å². The van der Waals surface area contributed by atoms with Gasteiger partial charge in [-0.1, -0.05) is 25.4 Å². The van der Waals surface area contributed by atoms with Gasteiger partial charge in [-0.3, -0.25) is 0 Å². The van der Waals surface area contributed by atoms with Crippen LogP contribution in [0.4, 0.5) is 0 Å². The van der Waals surface area contributed by atoms with Crippen LogP contribution in [0.1, 0.15) is 26.3 Å². The number of fused-ring (bicyclic) bond motifs is 1. The summed E-state index contributed by atoms with van der Waals surface area (Å²) in [6.07, 6.45) is 1.92. The number of aromatic amines is 1. The van der Waals surface area contributed by atoms with Crippen LogP contribution in [0.5, 0.6) is 0 Å². The molecule has 1 aromatic heterocycles. The molecule has 0 radical (unpaired) electrons. The lowest BCUT2D eigenvalue weighted by molar-refractivity contribution is 0.505. The minimum atomic E-state index is -3.19. The molecule has 0 aliphatic carbocycles. The highest BCUT2D eigenvalue weighted by Gasteiger charge is 2.25. The average molecular weight is 315 g/mol. The van der Waals surface area contributed by atoms with Gasteiger partial charge in [0.1, 0.15) is 0 Å². The number of benzene rings is 1. The minimum absolute atomic E-state index is 0.0861. The highest BCUT2D eigenvalue weighted by atomic mass is 35.5. The first-order chi connectivity index (χ1) is 9.25. The number of nitrogens with one attached hydrogen (secondary N) is 2. The fraction of sp³-hybridized carbons (Fsp3) is 0.429. The largest absolute Gasteiger partial charge is 0.361 e. The lowest BCUT2D eigenvalue weighted by atomic mass is 9.85. The maximum Gasteiger partial charge on any atom is 0.211 e. The zero-order valence-electron chi connectivity index (χ0n) is 11.8. The third-order valence-electron chi connectivity index (χ3n) is 3.49. The van der Waals surface area contributed by atoms with Gasteiger partial charge in [-0.05, 0) is 30.7 Å². The summed E-state index contributed by atoms with van der Waals surface area (Å²) in [4.78, 5) is 3.20. The van der Waals surface area contributed by atoms with Gasteiger partial charge in [-0.2, -0.15) is 0 Å². The summed E-state index contributed by atoms with van der Waals surface area (Å²) < 4.78 is 25.8. The van der Waals surface area contributed by atoms with E-state index in [1.165, 1.54) is 0 Å². The lowest BCUT2D eigenvalue weighted by Crippen LogP contribution is -2.37. The molecule has 0 bridgehead atoms. The number of H-pyrrole nitrogens is 1. The number of hydrogen-bond acceptors (Lipinski definition) is 2. The van der Waals surface area contributed by atoms with Crippen LogP contribution >= 0.6 is 11.6 Å². The summed E-state index contributed by atoms with van der Waals surface area (Å²) in [6, 6.07) is 5.66. The zero-order chi connectivity index (χ0) is 15.0. The summed E-state index contributed by atoms with van der Waals surface area (Å²) in [5.74, 6) is 0.0861. The predicted octanol–water partition coefficient (Wildman–Crippen LogP) is 3.04. The Morgan fingerprint density at radius 2 is 2.05 bits per heavy atom. The molecule has 20 heavy (non-hydrogen) atoms. The van der Waals surface area contributed by atoms with Crippen molar-refractivity contribution in [3.63, 3.8) is 0 Å². The van der Waals surface area contributed by atoms with Crippen LogP contribution in [0, 0.1) is 0 Å². The average Bonchev–Trinajstić information content (AvgIpc) is 2.80. The second kappa shape index (κ2) is 5.39. The van der Waals surface area contributed by atoms with Crippen LogP contribution in [0.25, 0.3) is 10.9 Å². The fourth-order valence-corrected chi connectivity index (χ4v) is 3.10. The molecule has 0 fully saturated rings. The molecular formula is C14H19ClN2O2S. The van der Waals surface area contributed by atoms with Crippen molar-refractivity contribution in [1.82, 2.24) is 9.71 Å². The predicted molar refractivity (Wildman–Crippen MR) is 83.8 cm³/mol. The van der Waals surface area contributed by atoms with Crippen LogP contribution < -0.4 is 4.72 Å². The van der Waals surface area contributed by atoms with Crippen molar-refractivity contribution in [2.45, 2.75) is 26.2 Å². The highest BCUT2D eigenvalue weighted by molar-refractivity contribution is 7.89. The van der Waals surface area contributed by atoms with Crippen LogP contribution in [0.3, 0.4) is 0 Å². The maximum absolute atomic E-state index is 11.6. The minimum Gasteiger partial charge on any atom is -0.361 e. The Kier molecular flexibility index (Phi) is 4.14. The van der Waals surface area contributed by atoms with E-state index in [9.17, 15) is 8.42 Å². The van der Waals surface area contributed by atoms with Crippen LogP contribution in [0.15, 0.2) is 24.4 Å². The van der Waals surface area contributed by atoms with Crippen molar-refractivity contribution in [2.24, 2.45) is 0 Å². The number of halogens is 1. The second-order valence-corrected chi connectivity index (χ2v) is 8.03. The van der Waals surface area contributed by atoms with Crippen molar-refractivity contribution in [3.05, 3.63) is 35.0 Å². The van der Waals surface area contributed by atoms with Gasteiger partial charge in [0.2, 0.25) is 10.0 Å². The van der Waals surface area contributed by atoms with Gasteiger partial charge in [0, 0.05) is 34.1 Å². The number of aromatic nitrogens is 1.